The highest BCUT2D eigenvalue weighted by molar-refractivity contribution is 5.13. The fourth-order valence-corrected chi connectivity index (χ4v) is 1.75. The summed E-state index contributed by atoms with van der Waals surface area (Å²) >= 11 is 0. The second-order valence-corrected chi connectivity index (χ2v) is 3.87. The van der Waals surface area contributed by atoms with Gasteiger partial charge in [0.1, 0.15) is 0 Å². The van der Waals surface area contributed by atoms with Gasteiger partial charge in [0.05, 0.1) is 17.4 Å². The third kappa shape index (κ3) is 3.20. The quantitative estimate of drug-likeness (QED) is 0.726. The number of nitrogens with one attached hydrogen (secondary N) is 1. The Morgan fingerprint density at radius 3 is 2.87 bits per heavy atom. The van der Waals surface area contributed by atoms with Crippen molar-refractivity contribution in [1.82, 2.24) is 15.1 Å². The molecule has 0 bridgehead atoms. The maximum Gasteiger partial charge on any atom is 0.0597 e. The van der Waals surface area contributed by atoms with Gasteiger partial charge >= 0.3 is 0 Å². The molecule has 0 fully saturated rings. The van der Waals surface area contributed by atoms with Crippen molar-refractivity contribution in [2.24, 2.45) is 7.05 Å². The topological polar surface area (TPSA) is 29.9 Å². The van der Waals surface area contributed by atoms with Crippen LogP contribution in [0.1, 0.15) is 37.2 Å². The minimum absolute atomic E-state index is 0.341. The molecule has 0 spiro atoms. The van der Waals surface area contributed by atoms with E-state index in [1.165, 1.54) is 5.69 Å². The van der Waals surface area contributed by atoms with Crippen molar-refractivity contribution in [2.45, 2.75) is 32.7 Å². The summed E-state index contributed by atoms with van der Waals surface area (Å²) in [6, 6.07) is 2.48. The molecule has 1 rings (SSSR count). The highest BCUT2D eigenvalue weighted by atomic mass is 15.3. The molecule has 1 N–H and O–H groups in total. The predicted octanol–water partition coefficient (Wildman–Crippen LogP) is 2.35. The Balaban J connectivity index is 2.77. The first kappa shape index (κ1) is 12.0. The minimum Gasteiger partial charge on any atom is -0.308 e. The summed E-state index contributed by atoms with van der Waals surface area (Å²) in [7, 11) is 1.99. The van der Waals surface area contributed by atoms with E-state index in [1.54, 1.807) is 0 Å². The summed E-state index contributed by atoms with van der Waals surface area (Å²) in [5.74, 6) is 0. The van der Waals surface area contributed by atoms with Crippen LogP contribution in [-0.2, 0) is 7.05 Å². The van der Waals surface area contributed by atoms with Crippen LogP contribution in [-0.4, -0.2) is 16.3 Å². The van der Waals surface area contributed by atoms with Crippen molar-refractivity contribution in [3.05, 3.63) is 30.1 Å². The largest absolute Gasteiger partial charge is 0.308 e. The first-order valence-corrected chi connectivity index (χ1v) is 5.53. The number of rotatable bonds is 6. The molecule has 1 aromatic rings. The predicted molar refractivity (Wildman–Crippen MR) is 63.8 cm³/mol. The van der Waals surface area contributed by atoms with E-state index in [1.807, 2.05) is 24.7 Å². The van der Waals surface area contributed by atoms with Gasteiger partial charge in [-0.15, -0.1) is 6.58 Å². The average molecular weight is 207 g/mol. The standard InChI is InChI=1S/C12H21N3/c1-5-7-11(13-8-6-2)12-9-10(3)14-15(12)4/h5,9,11,13H,1,6-8H2,2-4H3. The first-order valence-electron chi connectivity index (χ1n) is 5.53. The molecule has 0 saturated carbocycles. The Morgan fingerprint density at radius 1 is 1.67 bits per heavy atom. The van der Waals surface area contributed by atoms with E-state index in [2.05, 4.69) is 30.0 Å². The highest BCUT2D eigenvalue weighted by Gasteiger charge is 2.13. The molecular weight excluding hydrogens is 186 g/mol. The lowest BCUT2D eigenvalue weighted by atomic mass is 10.1. The van der Waals surface area contributed by atoms with Crippen molar-refractivity contribution >= 4 is 0 Å². The van der Waals surface area contributed by atoms with E-state index in [-0.39, 0.29) is 0 Å². The third-order valence-corrected chi connectivity index (χ3v) is 2.44. The molecule has 84 valence electrons. The van der Waals surface area contributed by atoms with Gasteiger partial charge in [0.2, 0.25) is 0 Å². The zero-order chi connectivity index (χ0) is 11.3. The molecule has 3 heteroatoms. The Hall–Kier alpha value is -1.09. The van der Waals surface area contributed by atoms with Gasteiger partial charge in [0, 0.05) is 7.05 Å². The van der Waals surface area contributed by atoms with Crippen molar-refractivity contribution in [3.8, 4) is 0 Å². The minimum atomic E-state index is 0.341. The maximum atomic E-state index is 4.36. The van der Waals surface area contributed by atoms with Crippen molar-refractivity contribution in [3.63, 3.8) is 0 Å². The lowest BCUT2D eigenvalue weighted by Gasteiger charge is -2.16. The monoisotopic (exact) mass is 207 g/mol. The lowest BCUT2D eigenvalue weighted by Crippen LogP contribution is -2.23. The molecule has 0 aliphatic carbocycles. The maximum absolute atomic E-state index is 4.36. The molecule has 0 aliphatic rings. The summed E-state index contributed by atoms with van der Waals surface area (Å²) < 4.78 is 1.95. The molecule has 1 aromatic heterocycles. The number of aromatic nitrogens is 2. The van der Waals surface area contributed by atoms with Crippen molar-refractivity contribution in [1.29, 1.82) is 0 Å². The van der Waals surface area contributed by atoms with E-state index >= 15 is 0 Å². The Morgan fingerprint density at radius 2 is 2.40 bits per heavy atom. The van der Waals surface area contributed by atoms with Crippen molar-refractivity contribution in [2.75, 3.05) is 6.54 Å². The average Bonchev–Trinajstić information content (AvgIpc) is 2.52. The van der Waals surface area contributed by atoms with Crippen LogP contribution in [0.3, 0.4) is 0 Å². The normalized spacial score (nSPS) is 12.7. The summed E-state index contributed by atoms with van der Waals surface area (Å²) in [6.07, 6.45) is 4.04. The zero-order valence-electron chi connectivity index (χ0n) is 9.95. The molecule has 0 amide bonds. The summed E-state index contributed by atoms with van der Waals surface area (Å²) in [5, 5.41) is 7.87. The molecule has 0 aromatic carbocycles. The number of aryl methyl sites for hydroxylation is 2. The van der Waals surface area contributed by atoms with Gasteiger partial charge in [-0.3, -0.25) is 4.68 Å². The Bertz CT molecular complexity index is 315. The molecule has 1 unspecified atom stereocenters. The molecule has 3 nitrogen and oxygen atoms in total. The van der Waals surface area contributed by atoms with Crippen LogP contribution >= 0.6 is 0 Å². The summed E-state index contributed by atoms with van der Waals surface area (Å²) in [5.41, 5.74) is 2.31. The Labute approximate surface area is 92.2 Å². The van der Waals surface area contributed by atoms with Crippen LogP contribution < -0.4 is 5.32 Å². The van der Waals surface area contributed by atoms with Gasteiger partial charge in [-0.1, -0.05) is 13.0 Å². The van der Waals surface area contributed by atoms with Crippen LogP contribution in [0.25, 0.3) is 0 Å². The smallest absolute Gasteiger partial charge is 0.0597 e. The lowest BCUT2D eigenvalue weighted by molar-refractivity contribution is 0.500. The molecule has 1 heterocycles. The van der Waals surface area contributed by atoms with Crippen molar-refractivity contribution < 1.29 is 0 Å². The van der Waals surface area contributed by atoms with Gasteiger partial charge in [-0.25, -0.2) is 0 Å². The van der Waals surface area contributed by atoms with Gasteiger partial charge < -0.3 is 5.32 Å². The van der Waals surface area contributed by atoms with E-state index in [0.29, 0.717) is 6.04 Å². The van der Waals surface area contributed by atoms with E-state index < -0.39 is 0 Å². The highest BCUT2D eigenvalue weighted by Crippen LogP contribution is 2.17. The molecule has 0 radical (unpaired) electrons. The zero-order valence-corrected chi connectivity index (χ0v) is 9.95. The van der Waals surface area contributed by atoms with E-state index in [9.17, 15) is 0 Å². The second-order valence-electron chi connectivity index (χ2n) is 3.87. The van der Waals surface area contributed by atoms with Crippen LogP contribution in [0, 0.1) is 6.92 Å². The van der Waals surface area contributed by atoms with Gasteiger partial charge in [0.25, 0.3) is 0 Å². The molecule has 0 aliphatic heterocycles. The van der Waals surface area contributed by atoms with Crippen LogP contribution in [0.4, 0.5) is 0 Å². The van der Waals surface area contributed by atoms with Gasteiger partial charge in [-0.05, 0) is 32.4 Å². The molecule has 0 saturated heterocycles. The Kier molecular flexibility index (Phi) is 4.56. The summed E-state index contributed by atoms with van der Waals surface area (Å²) in [6.45, 7) is 9.03. The van der Waals surface area contributed by atoms with E-state index in [0.717, 1.165) is 25.1 Å². The molecular formula is C12H21N3. The van der Waals surface area contributed by atoms with Gasteiger partial charge in [0.15, 0.2) is 0 Å². The second kappa shape index (κ2) is 5.71. The van der Waals surface area contributed by atoms with Crippen LogP contribution in [0.2, 0.25) is 0 Å². The number of hydrogen-bond donors (Lipinski definition) is 1. The van der Waals surface area contributed by atoms with Crippen LogP contribution in [0.15, 0.2) is 18.7 Å². The SMILES string of the molecule is C=CCC(NCCC)c1cc(C)nn1C. The first-order chi connectivity index (χ1) is 7.19. The number of nitrogens with zero attached hydrogens (tertiary/aromatic N) is 2. The fourth-order valence-electron chi connectivity index (χ4n) is 1.75. The third-order valence-electron chi connectivity index (χ3n) is 2.44. The number of hydrogen-bond acceptors (Lipinski definition) is 2. The van der Waals surface area contributed by atoms with Gasteiger partial charge in [-0.2, -0.15) is 5.10 Å². The fraction of sp³-hybridized carbons (Fsp3) is 0.583. The summed E-state index contributed by atoms with van der Waals surface area (Å²) in [4.78, 5) is 0. The van der Waals surface area contributed by atoms with E-state index in [4.69, 9.17) is 0 Å². The van der Waals surface area contributed by atoms with Crippen LogP contribution in [0.5, 0.6) is 0 Å². The molecule has 15 heavy (non-hydrogen) atoms. The molecule has 1 atom stereocenters.